The van der Waals surface area contributed by atoms with Crippen molar-refractivity contribution in [1.82, 2.24) is 10.3 Å². The number of hydrogen-bond acceptors (Lipinski definition) is 2. The quantitative estimate of drug-likeness (QED) is 0.563. The second-order valence-electron chi connectivity index (χ2n) is 5.57. The summed E-state index contributed by atoms with van der Waals surface area (Å²) in [5.74, 6) is -0.267. The van der Waals surface area contributed by atoms with Crippen LogP contribution >= 0.6 is 23.2 Å². The van der Waals surface area contributed by atoms with Gasteiger partial charge in [0.05, 0.1) is 28.8 Å². The van der Waals surface area contributed by atoms with Crippen molar-refractivity contribution >= 4 is 29.1 Å². The number of amides is 1. The van der Waals surface area contributed by atoms with E-state index in [-0.39, 0.29) is 23.1 Å². The second kappa shape index (κ2) is 10.6. The second-order valence-corrected chi connectivity index (χ2v) is 6.32. The third-order valence-corrected chi connectivity index (χ3v) is 4.67. The highest BCUT2D eigenvalue weighted by Gasteiger charge is 2.25. The Morgan fingerprint density at radius 2 is 2.08 bits per heavy atom. The van der Waals surface area contributed by atoms with Crippen molar-refractivity contribution in [2.45, 2.75) is 52.2 Å². The number of hydrogen-bond donors (Lipinski definition) is 2. The zero-order valence-electron chi connectivity index (χ0n) is 14.5. The SMILES string of the molecule is C=C/C=C/COC(CC)C(CCC)NC(=O)c1[nH]c(C)c(Cl)c1Cl. The van der Waals surface area contributed by atoms with Crippen molar-refractivity contribution in [2.24, 2.45) is 0 Å². The summed E-state index contributed by atoms with van der Waals surface area (Å²) in [5, 5.41) is 3.66. The smallest absolute Gasteiger partial charge is 0.269 e. The van der Waals surface area contributed by atoms with Gasteiger partial charge in [-0.3, -0.25) is 4.79 Å². The molecular weight excluding hydrogens is 347 g/mol. The van der Waals surface area contributed by atoms with Gasteiger partial charge in [-0.15, -0.1) is 0 Å². The van der Waals surface area contributed by atoms with Crippen LogP contribution in [0.15, 0.2) is 24.8 Å². The molecule has 1 aromatic rings. The lowest BCUT2D eigenvalue weighted by molar-refractivity contribution is 0.0366. The van der Waals surface area contributed by atoms with Gasteiger partial charge in [-0.25, -0.2) is 0 Å². The Bertz CT molecular complexity index is 582. The van der Waals surface area contributed by atoms with Gasteiger partial charge in [-0.05, 0) is 19.8 Å². The third kappa shape index (κ3) is 5.69. The predicted molar refractivity (Wildman–Crippen MR) is 101 cm³/mol. The topological polar surface area (TPSA) is 54.1 Å². The minimum absolute atomic E-state index is 0.0753. The first-order valence-electron chi connectivity index (χ1n) is 8.19. The minimum atomic E-state index is -0.267. The first-order valence-corrected chi connectivity index (χ1v) is 8.95. The first kappa shape index (κ1) is 20.8. The molecule has 2 N–H and O–H groups in total. The molecule has 2 unspecified atom stereocenters. The summed E-state index contributed by atoms with van der Waals surface area (Å²) < 4.78 is 5.89. The molecule has 2 atom stereocenters. The monoisotopic (exact) mass is 372 g/mol. The fourth-order valence-corrected chi connectivity index (χ4v) is 2.90. The van der Waals surface area contributed by atoms with Crippen LogP contribution in [0.4, 0.5) is 0 Å². The Hall–Kier alpha value is -1.23. The Kier molecular flexibility index (Phi) is 9.19. The first-order chi connectivity index (χ1) is 11.5. The minimum Gasteiger partial charge on any atom is -0.372 e. The van der Waals surface area contributed by atoms with Crippen LogP contribution in [-0.4, -0.2) is 29.6 Å². The van der Waals surface area contributed by atoms with Crippen LogP contribution in [0.3, 0.4) is 0 Å². The molecule has 0 saturated carbocycles. The predicted octanol–water partition coefficient (Wildman–Crippen LogP) is 5.07. The van der Waals surface area contributed by atoms with Gasteiger partial charge in [0.15, 0.2) is 0 Å². The maximum absolute atomic E-state index is 12.5. The normalized spacial score (nSPS) is 13.9. The van der Waals surface area contributed by atoms with Crippen molar-refractivity contribution in [3.8, 4) is 0 Å². The van der Waals surface area contributed by atoms with Gasteiger partial charge in [0, 0.05) is 5.69 Å². The molecule has 1 aromatic heterocycles. The van der Waals surface area contributed by atoms with Gasteiger partial charge < -0.3 is 15.0 Å². The number of halogens is 2. The number of H-pyrrole nitrogens is 1. The summed E-state index contributed by atoms with van der Waals surface area (Å²) in [5.41, 5.74) is 0.971. The maximum Gasteiger partial charge on any atom is 0.269 e. The number of carbonyl (C=O) groups excluding carboxylic acids is 1. The van der Waals surface area contributed by atoms with Crippen LogP contribution in [0.1, 0.15) is 49.3 Å². The van der Waals surface area contributed by atoms with E-state index in [4.69, 9.17) is 27.9 Å². The van der Waals surface area contributed by atoms with Crippen molar-refractivity contribution in [2.75, 3.05) is 6.61 Å². The number of carbonyl (C=O) groups is 1. The molecule has 1 amide bonds. The summed E-state index contributed by atoms with van der Waals surface area (Å²) >= 11 is 12.2. The molecule has 6 heteroatoms. The molecule has 0 saturated heterocycles. The van der Waals surface area contributed by atoms with Crippen molar-refractivity contribution in [3.05, 3.63) is 46.2 Å². The molecule has 134 valence electrons. The van der Waals surface area contributed by atoms with Gasteiger partial charge in [0.1, 0.15) is 5.69 Å². The van der Waals surface area contributed by atoms with E-state index in [1.54, 1.807) is 13.0 Å². The lowest BCUT2D eigenvalue weighted by Crippen LogP contribution is -2.44. The van der Waals surface area contributed by atoms with E-state index in [0.29, 0.717) is 23.0 Å². The summed E-state index contributed by atoms with van der Waals surface area (Å²) in [6.07, 6.45) is 7.91. The van der Waals surface area contributed by atoms with E-state index in [0.717, 1.165) is 19.3 Å². The Morgan fingerprint density at radius 1 is 1.38 bits per heavy atom. The van der Waals surface area contributed by atoms with Crippen LogP contribution in [0.2, 0.25) is 10.0 Å². The number of nitrogens with one attached hydrogen (secondary N) is 2. The van der Waals surface area contributed by atoms with Crippen molar-refractivity contribution in [1.29, 1.82) is 0 Å². The van der Waals surface area contributed by atoms with Crippen molar-refractivity contribution < 1.29 is 9.53 Å². The summed E-state index contributed by atoms with van der Waals surface area (Å²) in [7, 11) is 0. The molecule has 0 aliphatic heterocycles. The number of ether oxygens (including phenoxy) is 1. The zero-order valence-corrected chi connectivity index (χ0v) is 16.0. The summed E-state index contributed by atoms with van der Waals surface area (Å²) in [6, 6.07) is -0.0944. The highest BCUT2D eigenvalue weighted by atomic mass is 35.5. The fourth-order valence-electron chi connectivity index (χ4n) is 2.48. The lowest BCUT2D eigenvalue weighted by atomic mass is 10.0. The molecule has 0 aliphatic carbocycles. The van der Waals surface area contributed by atoms with Gasteiger partial charge >= 0.3 is 0 Å². The number of aromatic amines is 1. The molecule has 0 aromatic carbocycles. The van der Waals surface area contributed by atoms with Crippen LogP contribution in [0.25, 0.3) is 0 Å². The zero-order chi connectivity index (χ0) is 18.1. The van der Waals surface area contributed by atoms with Crippen LogP contribution < -0.4 is 5.32 Å². The molecule has 0 aliphatic rings. The highest BCUT2D eigenvalue weighted by Crippen LogP contribution is 2.29. The van der Waals surface area contributed by atoms with Gasteiger partial charge in [0.2, 0.25) is 0 Å². The number of allylic oxidation sites excluding steroid dienone is 2. The molecular formula is C18H26Cl2N2O2. The van der Waals surface area contributed by atoms with Crippen LogP contribution in [0.5, 0.6) is 0 Å². The van der Waals surface area contributed by atoms with E-state index in [1.807, 2.05) is 19.1 Å². The lowest BCUT2D eigenvalue weighted by Gasteiger charge is -2.27. The van der Waals surface area contributed by atoms with Gasteiger partial charge in [-0.2, -0.15) is 0 Å². The van der Waals surface area contributed by atoms with E-state index in [2.05, 4.69) is 23.8 Å². The van der Waals surface area contributed by atoms with Crippen LogP contribution in [0, 0.1) is 6.92 Å². The molecule has 0 fully saturated rings. The number of aryl methyl sites for hydroxylation is 1. The molecule has 0 radical (unpaired) electrons. The number of aromatic nitrogens is 1. The third-order valence-electron chi connectivity index (χ3n) is 3.73. The Labute approximate surface area is 154 Å². The number of rotatable bonds is 10. The van der Waals surface area contributed by atoms with E-state index < -0.39 is 0 Å². The molecule has 24 heavy (non-hydrogen) atoms. The van der Waals surface area contributed by atoms with Gasteiger partial charge in [-0.1, -0.05) is 68.3 Å². The standard InChI is InChI=1S/C18H26Cl2N2O2/c1-5-8-9-11-24-14(7-3)13(10-6-2)22-18(23)17-16(20)15(19)12(4)21-17/h5,8-9,13-14,21H,1,6-7,10-11H2,2-4H3,(H,22,23)/b9-8+. The molecule has 1 heterocycles. The summed E-state index contributed by atoms with van der Waals surface area (Å²) in [4.78, 5) is 15.5. The maximum atomic E-state index is 12.5. The molecule has 0 bridgehead atoms. The molecule has 0 spiro atoms. The average Bonchev–Trinajstić information content (AvgIpc) is 2.82. The Morgan fingerprint density at radius 3 is 2.58 bits per heavy atom. The van der Waals surface area contributed by atoms with E-state index in [1.165, 1.54) is 0 Å². The fraction of sp³-hybridized carbons (Fsp3) is 0.500. The summed E-state index contributed by atoms with van der Waals surface area (Å²) in [6.45, 7) is 10.00. The van der Waals surface area contributed by atoms with Gasteiger partial charge in [0.25, 0.3) is 5.91 Å². The average molecular weight is 373 g/mol. The highest BCUT2D eigenvalue weighted by molar-refractivity contribution is 6.44. The largest absolute Gasteiger partial charge is 0.372 e. The van der Waals surface area contributed by atoms with Crippen molar-refractivity contribution in [3.63, 3.8) is 0 Å². The molecule has 1 rings (SSSR count). The molecule has 4 nitrogen and oxygen atoms in total. The Balaban J connectivity index is 2.82. The van der Waals surface area contributed by atoms with E-state index >= 15 is 0 Å². The van der Waals surface area contributed by atoms with E-state index in [9.17, 15) is 4.79 Å². The van der Waals surface area contributed by atoms with Crippen LogP contribution in [-0.2, 0) is 4.74 Å².